The summed E-state index contributed by atoms with van der Waals surface area (Å²) < 4.78 is 0. The fraction of sp³-hybridized carbons (Fsp3) is 0.550. The number of carbonyl (C=O) groups excluding carboxylic acids is 2. The van der Waals surface area contributed by atoms with Gasteiger partial charge in [0.2, 0.25) is 11.8 Å². The largest absolute Gasteiger partial charge is 0.481 e. The molecule has 1 aromatic rings. The number of hydrogen-bond acceptors (Lipinski definition) is 3. The van der Waals surface area contributed by atoms with E-state index in [-0.39, 0.29) is 18.2 Å². The first kappa shape index (κ1) is 18.4. The molecule has 2 fully saturated rings. The molecule has 140 valence electrons. The summed E-state index contributed by atoms with van der Waals surface area (Å²) in [7, 11) is 0. The SMILES string of the molecule is Cc1c(NC(=O)CC2(C(=O)O)CCCCC2)cccc1N1CCCC1=O. The van der Waals surface area contributed by atoms with E-state index in [1.165, 1.54) is 0 Å². The van der Waals surface area contributed by atoms with Gasteiger partial charge in [-0.3, -0.25) is 14.4 Å². The number of nitrogens with one attached hydrogen (secondary N) is 1. The summed E-state index contributed by atoms with van der Waals surface area (Å²) in [6.07, 6.45) is 5.23. The number of carboxylic acids is 1. The monoisotopic (exact) mass is 358 g/mol. The van der Waals surface area contributed by atoms with Crippen LogP contribution in [0.25, 0.3) is 0 Å². The van der Waals surface area contributed by atoms with Gasteiger partial charge in [0.25, 0.3) is 0 Å². The van der Waals surface area contributed by atoms with Crippen molar-refractivity contribution in [2.45, 2.75) is 58.3 Å². The number of benzene rings is 1. The van der Waals surface area contributed by atoms with E-state index in [1.807, 2.05) is 19.1 Å². The third kappa shape index (κ3) is 3.59. The lowest BCUT2D eigenvalue weighted by atomic mass is 9.71. The van der Waals surface area contributed by atoms with E-state index in [4.69, 9.17) is 0 Å². The summed E-state index contributed by atoms with van der Waals surface area (Å²) >= 11 is 0. The van der Waals surface area contributed by atoms with Gasteiger partial charge in [0.05, 0.1) is 5.41 Å². The first-order valence-corrected chi connectivity index (χ1v) is 9.36. The smallest absolute Gasteiger partial charge is 0.310 e. The molecule has 0 aromatic heterocycles. The summed E-state index contributed by atoms with van der Waals surface area (Å²) in [4.78, 5) is 38.1. The Morgan fingerprint density at radius 2 is 1.92 bits per heavy atom. The second-order valence-electron chi connectivity index (χ2n) is 7.47. The second kappa shape index (κ2) is 7.48. The van der Waals surface area contributed by atoms with E-state index in [9.17, 15) is 19.5 Å². The van der Waals surface area contributed by atoms with Crippen molar-refractivity contribution in [3.63, 3.8) is 0 Å². The van der Waals surface area contributed by atoms with Crippen LogP contribution in [0, 0.1) is 12.3 Å². The quantitative estimate of drug-likeness (QED) is 0.843. The van der Waals surface area contributed by atoms with Crippen LogP contribution in [0.15, 0.2) is 18.2 Å². The normalized spacial score (nSPS) is 19.4. The van der Waals surface area contributed by atoms with Gasteiger partial charge in [-0.2, -0.15) is 0 Å². The van der Waals surface area contributed by atoms with Gasteiger partial charge in [-0.25, -0.2) is 0 Å². The number of amides is 2. The van der Waals surface area contributed by atoms with Gasteiger partial charge in [0.1, 0.15) is 0 Å². The minimum absolute atomic E-state index is 0.00531. The molecule has 0 unspecified atom stereocenters. The molecule has 26 heavy (non-hydrogen) atoms. The van der Waals surface area contributed by atoms with Crippen molar-refractivity contribution in [1.29, 1.82) is 0 Å². The molecule has 1 aliphatic heterocycles. The summed E-state index contributed by atoms with van der Waals surface area (Å²) in [5.41, 5.74) is 1.35. The molecule has 0 spiro atoms. The Morgan fingerprint density at radius 3 is 2.54 bits per heavy atom. The summed E-state index contributed by atoms with van der Waals surface area (Å²) in [6, 6.07) is 5.50. The van der Waals surface area contributed by atoms with Crippen molar-refractivity contribution in [1.82, 2.24) is 0 Å². The van der Waals surface area contributed by atoms with Crippen LogP contribution in [0.4, 0.5) is 11.4 Å². The average Bonchev–Trinajstić information content (AvgIpc) is 3.03. The maximum atomic E-state index is 12.6. The van der Waals surface area contributed by atoms with Gasteiger partial charge in [0.15, 0.2) is 0 Å². The molecule has 2 aliphatic rings. The molecule has 3 rings (SSSR count). The van der Waals surface area contributed by atoms with Crippen LogP contribution in [-0.4, -0.2) is 29.4 Å². The zero-order valence-electron chi connectivity index (χ0n) is 15.2. The van der Waals surface area contributed by atoms with E-state index in [2.05, 4.69) is 5.32 Å². The lowest BCUT2D eigenvalue weighted by Gasteiger charge is -2.32. The van der Waals surface area contributed by atoms with Crippen LogP contribution < -0.4 is 10.2 Å². The van der Waals surface area contributed by atoms with Crippen molar-refractivity contribution in [3.8, 4) is 0 Å². The fourth-order valence-corrected chi connectivity index (χ4v) is 4.15. The summed E-state index contributed by atoms with van der Waals surface area (Å²) in [6.45, 7) is 2.57. The van der Waals surface area contributed by atoms with Crippen LogP contribution in [0.2, 0.25) is 0 Å². The lowest BCUT2D eigenvalue weighted by Crippen LogP contribution is -2.37. The minimum Gasteiger partial charge on any atom is -0.481 e. The molecular weight excluding hydrogens is 332 g/mol. The van der Waals surface area contributed by atoms with Crippen LogP contribution in [-0.2, 0) is 14.4 Å². The highest BCUT2D eigenvalue weighted by atomic mass is 16.4. The molecule has 0 atom stereocenters. The number of hydrogen-bond donors (Lipinski definition) is 2. The first-order chi connectivity index (χ1) is 12.4. The number of anilines is 2. The zero-order valence-corrected chi connectivity index (χ0v) is 15.2. The molecule has 1 aromatic carbocycles. The Morgan fingerprint density at radius 1 is 1.19 bits per heavy atom. The minimum atomic E-state index is -0.946. The van der Waals surface area contributed by atoms with Gasteiger partial charge >= 0.3 is 5.97 Å². The average molecular weight is 358 g/mol. The zero-order chi connectivity index (χ0) is 18.7. The van der Waals surface area contributed by atoms with Crippen molar-refractivity contribution >= 4 is 29.2 Å². The van der Waals surface area contributed by atoms with Crippen molar-refractivity contribution in [2.75, 3.05) is 16.8 Å². The first-order valence-electron chi connectivity index (χ1n) is 9.36. The molecule has 6 heteroatoms. The Balaban J connectivity index is 1.75. The second-order valence-corrected chi connectivity index (χ2v) is 7.47. The van der Waals surface area contributed by atoms with E-state index < -0.39 is 11.4 Å². The van der Waals surface area contributed by atoms with Gasteiger partial charge in [-0.15, -0.1) is 0 Å². The van der Waals surface area contributed by atoms with Gasteiger partial charge in [0, 0.05) is 30.8 Å². The number of rotatable bonds is 5. The molecule has 2 N–H and O–H groups in total. The van der Waals surface area contributed by atoms with E-state index in [1.54, 1.807) is 11.0 Å². The molecule has 1 aliphatic carbocycles. The molecule has 0 bridgehead atoms. The lowest BCUT2D eigenvalue weighted by molar-refractivity contribution is -0.153. The predicted octanol–water partition coefficient (Wildman–Crippen LogP) is 3.49. The van der Waals surface area contributed by atoms with Crippen LogP contribution >= 0.6 is 0 Å². The molecule has 1 saturated carbocycles. The Kier molecular flexibility index (Phi) is 5.30. The van der Waals surface area contributed by atoms with Crippen LogP contribution in [0.3, 0.4) is 0 Å². The Bertz CT molecular complexity index is 723. The fourth-order valence-electron chi connectivity index (χ4n) is 4.15. The number of carboxylic acid groups (broad SMARTS) is 1. The van der Waals surface area contributed by atoms with Gasteiger partial charge in [-0.05, 0) is 43.9 Å². The standard InChI is InChI=1S/C20H26N2O4/c1-14-15(7-5-8-16(14)22-12-6-9-18(22)24)21-17(23)13-20(19(25)26)10-3-2-4-11-20/h5,7-8H,2-4,6,9-13H2,1H3,(H,21,23)(H,25,26). The van der Waals surface area contributed by atoms with E-state index in [0.717, 1.165) is 36.9 Å². The number of aliphatic carboxylic acids is 1. The van der Waals surface area contributed by atoms with Gasteiger partial charge in [-0.1, -0.05) is 25.3 Å². The highest BCUT2D eigenvalue weighted by molar-refractivity contribution is 5.99. The van der Waals surface area contributed by atoms with E-state index in [0.29, 0.717) is 31.5 Å². The maximum absolute atomic E-state index is 12.6. The molecule has 0 radical (unpaired) electrons. The van der Waals surface area contributed by atoms with E-state index >= 15 is 0 Å². The van der Waals surface area contributed by atoms with Crippen molar-refractivity contribution < 1.29 is 19.5 Å². The highest BCUT2D eigenvalue weighted by Crippen LogP contribution is 2.40. The summed E-state index contributed by atoms with van der Waals surface area (Å²) in [5, 5.41) is 12.5. The third-order valence-corrected chi connectivity index (χ3v) is 5.71. The van der Waals surface area contributed by atoms with Crippen molar-refractivity contribution in [2.24, 2.45) is 5.41 Å². The molecule has 1 heterocycles. The summed E-state index contributed by atoms with van der Waals surface area (Å²) in [5.74, 6) is -1.05. The number of nitrogens with zero attached hydrogens (tertiary/aromatic N) is 1. The molecule has 6 nitrogen and oxygen atoms in total. The third-order valence-electron chi connectivity index (χ3n) is 5.71. The molecule has 2 amide bonds. The van der Waals surface area contributed by atoms with Gasteiger partial charge < -0.3 is 15.3 Å². The Hall–Kier alpha value is -2.37. The maximum Gasteiger partial charge on any atom is 0.310 e. The van der Waals surface area contributed by atoms with Crippen molar-refractivity contribution in [3.05, 3.63) is 23.8 Å². The van der Waals surface area contributed by atoms with Crippen LogP contribution in [0.5, 0.6) is 0 Å². The topological polar surface area (TPSA) is 86.7 Å². The highest BCUT2D eigenvalue weighted by Gasteiger charge is 2.41. The predicted molar refractivity (Wildman–Crippen MR) is 99.2 cm³/mol. The Labute approximate surface area is 153 Å². The molecule has 1 saturated heterocycles. The number of carbonyl (C=O) groups is 3. The van der Waals surface area contributed by atoms with Crippen LogP contribution in [0.1, 0.15) is 56.9 Å². The molecular formula is C20H26N2O4.